The SMILES string of the molecule is CC(Cc1ccccc1)NC1CC1(C)C. The summed E-state index contributed by atoms with van der Waals surface area (Å²) in [5.41, 5.74) is 1.96. The van der Waals surface area contributed by atoms with Crippen molar-refractivity contribution in [2.45, 2.75) is 45.7 Å². The van der Waals surface area contributed by atoms with Gasteiger partial charge in [-0.05, 0) is 30.7 Å². The van der Waals surface area contributed by atoms with Crippen molar-refractivity contribution in [2.75, 3.05) is 0 Å². The summed E-state index contributed by atoms with van der Waals surface area (Å²) in [5.74, 6) is 0. The molecule has 1 aromatic rings. The summed E-state index contributed by atoms with van der Waals surface area (Å²) in [4.78, 5) is 0. The Hall–Kier alpha value is -0.820. The highest BCUT2D eigenvalue weighted by molar-refractivity contribution is 5.16. The van der Waals surface area contributed by atoms with Crippen LogP contribution in [0.25, 0.3) is 0 Å². The van der Waals surface area contributed by atoms with E-state index in [2.05, 4.69) is 56.4 Å². The molecular formula is C14H21N. The predicted molar refractivity (Wildman–Crippen MR) is 64.9 cm³/mol. The average Bonchev–Trinajstić information content (AvgIpc) is 2.74. The van der Waals surface area contributed by atoms with E-state index >= 15 is 0 Å². The Morgan fingerprint density at radius 3 is 2.47 bits per heavy atom. The molecule has 0 bridgehead atoms. The molecule has 1 aliphatic rings. The zero-order valence-corrected chi connectivity index (χ0v) is 9.96. The first-order valence-corrected chi connectivity index (χ1v) is 5.88. The van der Waals surface area contributed by atoms with Crippen LogP contribution in [-0.2, 0) is 6.42 Å². The van der Waals surface area contributed by atoms with E-state index in [9.17, 15) is 0 Å². The van der Waals surface area contributed by atoms with Gasteiger partial charge in [-0.15, -0.1) is 0 Å². The molecular weight excluding hydrogens is 182 g/mol. The van der Waals surface area contributed by atoms with Crippen LogP contribution in [0.2, 0.25) is 0 Å². The van der Waals surface area contributed by atoms with Gasteiger partial charge < -0.3 is 5.32 Å². The molecule has 0 aliphatic heterocycles. The van der Waals surface area contributed by atoms with Crippen LogP contribution in [0.3, 0.4) is 0 Å². The molecule has 0 amide bonds. The molecule has 0 radical (unpaired) electrons. The minimum atomic E-state index is 0.533. The number of benzene rings is 1. The van der Waals surface area contributed by atoms with Crippen LogP contribution in [0.4, 0.5) is 0 Å². The van der Waals surface area contributed by atoms with Gasteiger partial charge in [-0.2, -0.15) is 0 Å². The lowest BCUT2D eigenvalue weighted by atomic mass is 10.1. The molecule has 2 rings (SSSR count). The van der Waals surface area contributed by atoms with Crippen molar-refractivity contribution >= 4 is 0 Å². The van der Waals surface area contributed by atoms with Crippen LogP contribution in [0.1, 0.15) is 32.8 Å². The Labute approximate surface area is 92.9 Å². The van der Waals surface area contributed by atoms with Gasteiger partial charge in [-0.25, -0.2) is 0 Å². The van der Waals surface area contributed by atoms with Gasteiger partial charge in [0, 0.05) is 12.1 Å². The van der Waals surface area contributed by atoms with Gasteiger partial charge >= 0.3 is 0 Å². The molecule has 1 saturated carbocycles. The molecule has 0 saturated heterocycles. The van der Waals surface area contributed by atoms with Crippen molar-refractivity contribution in [3.05, 3.63) is 35.9 Å². The highest BCUT2D eigenvalue weighted by Gasteiger charge is 2.45. The monoisotopic (exact) mass is 203 g/mol. The summed E-state index contributed by atoms with van der Waals surface area (Å²) in [6.45, 7) is 6.95. The molecule has 1 nitrogen and oxygen atoms in total. The van der Waals surface area contributed by atoms with Crippen LogP contribution in [-0.4, -0.2) is 12.1 Å². The summed E-state index contributed by atoms with van der Waals surface area (Å²) >= 11 is 0. The summed E-state index contributed by atoms with van der Waals surface area (Å²) in [6, 6.07) is 12.0. The standard InChI is InChI=1S/C14H21N/c1-11(15-13-10-14(13,2)3)9-12-7-5-4-6-8-12/h4-8,11,13,15H,9-10H2,1-3H3. The third-order valence-electron chi connectivity index (χ3n) is 3.38. The van der Waals surface area contributed by atoms with Crippen molar-refractivity contribution < 1.29 is 0 Å². The molecule has 1 aliphatic carbocycles. The lowest BCUT2D eigenvalue weighted by Gasteiger charge is -2.15. The normalized spacial score (nSPS) is 24.9. The zero-order chi connectivity index (χ0) is 10.9. The molecule has 0 aromatic heterocycles. The van der Waals surface area contributed by atoms with Crippen molar-refractivity contribution in [2.24, 2.45) is 5.41 Å². The molecule has 2 atom stereocenters. The molecule has 0 heterocycles. The summed E-state index contributed by atoms with van der Waals surface area (Å²) in [6.07, 6.45) is 2.46. The topological polar surface area (TPSA) is 12.0 Å². The first kappa shape index (κ1) is 10.7. The maximum Gasteiger partial charge on any atom is 0.0127 e. The molecule has 0 spiro atoms. The molecule has 2 unspecified atom stereocenters. The van der Waals surface area contributed by atoms with E-state index in [0.717, 1.165) is 12.5 Å². The first-order chi connectivity index (χ1) is 7.08. The fraction of sp³-hybridized carbons (Fsp3) is 0.571. The maximum absolute atomic E-state index is 3.69. The van der Waals surface area contributed by atoms with Crippen LogP contribution in [0.5, 0.6) is 0 Å². The largest absolute Gasteiger partial charge is 0.311 e. The van der Waals surface area contributed by atoms with Crippen molar-refractivity contribution in [3.8, 4) is 0 Å². The maximum atomic E-state index is 3.69. The second-order valence-electron chi connectivity index (χ2n) is 5.50. The van der Waals surface area contributed by atoms with Gasteiger partial charge in [0.25, 0.3) is 0 Å². The Morgan fingerprint density at radius 1 is 1.33 bits per heavy atom. The van der Waals surface area contributed by atoms with E-state index in [1.807, 2.05) is 0 Å². The third-order valence-corrected chi connectivity index (χ3v) is 3.38. The number of rotatable bonds is 4. The van der Waals surface area contributed by atoms with Gasteiger partial charge in [-0.3, -0.25) is 0 Å². The fourth-order valence-corrected chi connectivity index (χ4v) is 2.12. The molecule has 1 fully saturated rings. The second kappa shape index (κ2) is 3.97. The molecule has 82 valence electrons. The molecule has 1 aromatic carbocycles. The average molecular weight is 203 g/mol. The van der Waals surface area contributed by atoms with Crippen LogP contribution in [0, 0.1) is 5.41 Å². The Morgan fingerprint density at radius 2 is 1.93 bits per heavy atom. The number of hydrogen-bond acceptors (Lipinski definition) is 1. The Bertz CT molecular complexity index is 315. The van der Waals surface area contributed by atoms with Crippen molar-refractivity contribution in [1.82, 2.24) is 5.32 Å². The molecule has 15 heavy (non-hydrogen) atoms. The summed E-state index contributed by atoms with van der Waals surface area (Å²) in [5, 5.41) is 3.69. The van der Waals surface area contributed by atoms with E-state index in [-0.39, 0.29) is 0 Å². The highest BCUT2D eigenvalue weighted by atomic mass is 15.0. The number of nitrogens with one attached hydrogen (secondary N) is 1. The van der Waals surface area contributed by atoms with Gasteiger partial charge in [0.15, 0.2) is 0 Å². The van der Waals surface area contributed by atoms with Crippen LogP contribution >= 0.6 is 0 Å². The molecule has 1 N–H and O–H groups in total. The van der Waals surface area contributed by atoms with Gasteiger partial charge in [0.2, 0.25) is 0 Å². The third kappa shape index (κ3) is 2.82. The van der Waals surface area contributed by atoms with E-state index < -0.39 is 0 Å². The first-order valence-electron chi connectivity index (χ1n) is 5.88. The molecule has 1 heteroatoms. The van der Waals surface area contributed by atoms with E-state index in [1.165, 1.54) is 12.0 Å². The quantitative estimate of drug-likeness (QED) is 0.793. The number of hydrogen-bond donors (Lipinski definition) is 1. The minimum Gasteiger partial charge on any atom is -0.311 e. The van der Waals surface area contributed by atoms with Crippen LogP contribution in [0.15, 0.2) is 30.3 Å². The highest BCUT2D eigenvalue weighted by Crippen LogP contribution is 2.44. The predicted octanol–water partition coefficient (Wildman–Crippen LogP) is 3.01. The Balaban J connectivity index is 1.81. The lowest BCUT2D eigenvalue weighted by molar-refractivity contribution is 0.478. The fourth-order valence-electron chi connectivity index (χ4n) is 2.12. The van der Waals surface area contributed by atoms with Gasteiger partial charge in [0.1, 0.15) is 0 Å². The van der Waals surface area contributed by atoms with Crippen molar-refractivity contribution in [1.29, 1.82) is 0 Å². The van der Waals surface area contributed by atoms with Gasteiger partial charge in [0.05, 0.1) is 0 Å². The second-order valence-corrected chi connectivity index (χ2v) is 5.50. The zero-order valence-electron chi connectivity index (χ0n) is 9.96. The Kier molecular flexibility index (Phi) is 2.83. The van der Waals surface area contributed by atoms with Crippen molar-refractivity contribution in [3.63, 3.8) is 0 Å². The smallest absolute Gasteiger partial charge is 0.0127 e. The van der Waals surface area contributed by atoms with Crippen LogP contribution < -0.4 is 5.32 Å². The lowest BCUT2D eigenvalue weighted by Crippen LogP contribution is -2.32. The van der Waals surface area contributed by atoms with E-state index in [1.54, 1.807) is 0 Å². The van der Waals surface area contributed by atoms with Gasteiger partial charge in [-0.1, -0.05) is 44.2 Å². The van der Waals surface area contributed by atoms with E-state index in [0.29, 0.717) is 11.5 Å². The summed E-state index contributed by atoms with van der Waals surface area (Å²) in [7, 11) is 0. The van der Waals surface area contributed by atoms with E-state index in [4.69, 9.17) is 0 Å². The summed E-state index contributed by atoms with van der Waals surface area (Å²) < 4.78 is 0. The minimum absolute atomic E-state index is 0.533.